The third-order valence-corrected chi connectivity index (χ3v) is 11.6. The van der Waals surface area contributed by atoms with Crippen LogP contribution in [0.1, 0.15) is 11.4 Å². The van der Waals surface area contributed by atoms with Gasteiger partial charge in [0.05, 0.1) is 21.2 Å². The van der Waals surface area contributed by atoms with Gasteiger partial charge in [-0.2, -0.15) is 0 Å². The van der Waals surface area contributed by atoms with Gasteiger partial charge in [0.1, 0.15) is 0 Å². The number of aromatic nitrogens is 4. The predicted molar refractivity (Wildman–Crippen MR) is 203 cm³/mol. The van der Waals surface area contributed by atoms with Crippen LogP contribution in [0.2, 0.25) is 10.0 Å². The summed E-state index contributed by atoms with van der Waals surface area (Å²) in [7, 11) is 0. The van der Waals surface area contributed by atoms with Gasteiger partial charge in [0.15, 0.2) is 5.16 Å². The van der Waals surface area contributed by atoms with E-state index >= 15 is 0 Å². The molecule has 2 fully saturated rings. The average molecular weight is 746 g/mol. The Hall–Kier alpha value is -2.81. The molecule has 2 saturated heterocycles. The normalized spacial score (nSPS) is 16.8. The molecule has 2 aromatic heterocycles. The fourth-order valence-electron chi connectivity index (χ4n) is 5.77. The summed E-state index contributed by atoms with van der Waals surface area (Å²) >= 11 is 16.4. The van der Waals surface area contributed by atoms with Crippen molar-refractivity contribution in [3.8, 4) is 0 Å². The van der Waals surface area contributed by atoms with Crippen molar-refractivity contribution in [1.29, 1.82) is 0 Å². The number of aryl methyl sites for hydroxylation is 2. The molecule has 4 aliphatic heterocycles. The quantitative estimate of drug-likeness (QED) is 0.187. The summed E-state index contributed by atoms with van der Waals surface area (Å²) in [6, 6.07) is 16.0. The lowest BCUT2D eigenvalue weighted by atomic mass is 10.2. The number of benzene rings is 2. The van der Waals surface area contributed by atoms with Crippen molar-refractivity contribution in [3.63, 3.8) is 0 Å². The lowest BCUT2D eigenvalue weighted by Gasteiger charge is -2.36. The minimum Gasteiger partial charge on any atom is -0.369 e. The van der Waals surface area contributed by atoms with Crippen LogP contribution >= 0.6 is 58.5 Å². The lowest BCUT2D eigenvalue weighted by molar-refractivity contribution is 0.589. The number of aromatic amines is 2. The van der Waals surface area contributed by atoms with Crippen molar-refractivity contribution in [2.24, 2.45) is 0 Å². The van der Waals surface area contributed by atoms with E-state index < -0.39 is 0 Å². The Kier molecular flexibility index (Phi) is 12.2. The first-order chi connectivity index (χ1) is 23.4. The van der Waals surface area contributed by atoms with Gasteiger partial charge in [-0.25, -0.2) is 9.97 Å². The van der Waals surface area contributed by atoms with Crippen LogP contribution in [0, 0.1) is 0 Å². The second-order valence-corrected chi connectivity index (χ2v) is 15.3. The van der Waals surface area contributed by atoms with Crippen LogP contribution in [-0.4, -0.2) is 90.1 Å². The van der Waals surface area contributed by atoms with Crippen molar-refractivity contribution in [2.75, 3.05) is 84.8 Å². The van der Waals surface area contributed by atoms with Crippen LogP contribution in [0.25, 0.3) is 0 Å². The third kappa shape index (κ3) is 8.85. The van der Waals surface area contributed by atoms with Crippen LogP contribution < -0.4 is 31.1 Å². The SMILES string of the molecule is CSc1nc2c(c(=O)[nH]1)SCC2.Clc1ccc(N2CCNCC2)cc1.O=c1[nH]c(N2CCN(c3ccc(Cl)cc3)CC2)nc2c1SCC2. The Morgan fingerprint density at radius 2 is 1.15 bits per heavy atom. The highest BCUT2D eigenvalue weighted by Gasteiger charge is 2.23. The molecule has 3 N–H and O–H groups in total. The number of piperazine rings is 2. The Bertz CT molecular complexity index is 1790. The van der Waals surface area contributed by atoms with Crippen LogP contribution in [0.4, 0.5) is 17.3 Å². The molecule has 0 aliphatic carbocycles. The number of halogens is 2. The van der Waals surface area contributed by atoms with Crippen LogP contribution in [0.5, 0.6) is 0 Å². The minimum absolute atomic E-state index is 0.00707. The minimum atomic E-state index is 0.00707. The summed E-state index contributed by atoms with van der Waals surface area (Å²) in [6.07, 6.45) is 3.73. The topological polar surface area (TPSA) is 113 Å². The first kappa shape index (κ1) is 35.0. The Morgan fingerprint density at radius 3 is 1.69 bits per heavy atom. The number of hydrogen-bond donors (Lipinski definition) is 3. The largest absolute Gasteiger partial charge is 0.369 e. The zero-order valence-corrected chi connectivity index (χ0v) is 30.6. The van der Waals surface area contributed by atoms with Crippen molar-refractivity contribution < 1.29 is 0 Å². The highest BCUT2D eigenvalue weighted by atomic mass is 35.5. The van der Waals surface area contributed by atoms with Crippen molar-refractivity contribution in [3.05, 3.63) is 90.7 Å². The molecule has 6 heterocycles. The number of thioether (sulfide) groups is 3. The molecule has 4 aliphatic rings. The number of anilines is 3. The van der Waals surface area contributed by atoms with E-state index in [-0.39, 0.29) is 11.1 Å². The summed E-state index contributed by atoms with van der Waals surface area (Å²) in [5, 5.41) is 5.61. The average Bonchev–Trinajstić information content (AvgIpc) is 3.81. The van der Waals surface area contributed by atoms with E-state index in [0.29, 0.717) is 5.95 Å². The highest BCUT2D eigenvalue weighted by Crippen LogP contribution is 2.28. The van der Waals surface area contributed by atoms with Gasteiger partial charge in [-0.15, -0.1) is 23.5 Å². The maximum Gasteiger partial charge on any atom is 0.266 e. The van der Waals surface area contributed by atoms with E-state index in [0.717, 1.165) is 113 Å². The molecule has 15 heteroatoms. The standard InChI is InChI=1S/C16H17ClN4OS.C10H13ClN2.C7H8N2OS2/c17-11-1-3-12(4-2-11)20-6-8-21(9-7-20)16-18-13-5-10-23-14(13)15(22)19-16;11-9-1-3-10(4-2-9)13-7-5-12-6-8-13;1-11-7-8-4-2-3-12-5(4)6(10)9-7/h1-4H,5-10H2,(H,18,19,22);1-4,12H,5-8H2;2-3H2,1H3,(H,8,9,10). The molecule has 0 saturated carbocycles. The van der Waals surface area contributed by atoms with E-state index in [2.05, 4.69) is 52.1 Å². The summed E-state index contributed by atoms with van der Waals surface area (Å²) in [5.41, 5.74) is 4.40. The molecule has 0 radical (unpaired) electrons. The number of nitrogens with one attached hydrogen (secondary N) is 3. The maximum atomic E-state index is 12.1. The Morgan fingerprint density at radius 1 is 0.667 bits per heavy atom. The Balaban J connectivity index is 0.000000136. The van der Waals surface area contributed by atoms with Gasteiger partial charge in [0.25, 0.3) is 11.1 Å². The number of nitrogens with zero attached hydrogens (tertiary/aromatic N) is 5. The van der Waals surface area contributed by atoms with E-state index in [4.69, 9.17) is 23.2 Å². The number of hydrogen-bond acceptors (Lipinski definition) is 11. The van der Waals surface area contributed by atoms with Gasteiger partial charge in [-0.3, -0.25) is 14.6 Å². The number of rotatable bonds is 4. The van der Waals surface area contributed by atoms with Crippen molar-refractivity contribution in [2.45, 2.75) is 27.8 Å². The van der Waals surface area contributed by atoms with Gasteiger partial charge >= 0.3 is 0 Å². The molecule has 0 spiro atoms. The first-order valence-corrected chi connectivity index (χ1v) is 19.9. The molecule has 4 aromatic rings. The molecule has 254 valence electrons. The van der Waals surface area contributed by atoms with Crippen LogP contribution in [-0.2, 0) is 12.8 Å². The Labute approximate surface area is 302 Å². The molecule has 48 heavy (non-hydrogen) atoms. The van der Waals surface area contributed by atoms with Gasteiger partial charge in [0, 0.05) is 98.1 Å². The molecule has 2 aromatic carbocycles. The summed E-state index contributed by atoms with van der Waals surface area (Å²) in [5.74, 6) is 2.66. The monoisotopic (exact) mass is 744 g/mol. The molecule has 8 rings (SSSR count). The van der Waals surface area contributed by atoms with Crippen LogP contribution in [0.15, 0.2) is 73.1 Å². The van der Waals surface area contributed by atoms with Gasteiger partial charge < -0.3 is 25.0 Å². The fourth-order valence-corrected chi connectivity index (χ4v) is 8.41. The fraction of sp³-hybridized carbons (Fsp3) is 0.394. The molecule has 0 amide bonds. The van der Waals surface area contributed by atoms with E-state index in [9.17, 15) is 9.59 Å². The highest BCUT2D eigenvalue weighted by molar-refractivity contribution is 8.00. The zero-order valence-electron chi connectivity index (χ0n) is 26.6. The van der Waals surface area contributed by atoms with Gasteiger partial charge in [-0.1, -0.05) is 35.0 Å². The molecule has 0 unspecified atom stereocenters. The first-order valence-electron chi connectivity index (χ1n) is 15.9. The summed E-state index contributed by atoms with van der Waals surface area (Å²) in [4.78, 5) is 46.6. The van der Waals surface area contributed by atoms with E-state index in [1.165, 1.54) is 23.1 Å². The predicted octanol–water partition coefficient (Wildman–Crippen LogP) is 5.29. The number of fused-ring (bicyclic) bond motifs is 2. The van der Waals surface area contributed by atoms with Gasteiger partial charge in [-0.05, 0) is 54.8 Å². The van der Waals surface area contributed by atoms with E-state index in [1.54, 1.807) is 23.5 Å². The molecular formula is C33H38Cl2N8O2S3. The summed E-state index contributed by atoms with van der Waals surface area (Å²) < 4.78 is 0. The molecule has 0 bridgehead atoms. The summed E-state index contributed by atoms with van der Waals surface area (Å²) in [6.45, 7) is 7.80. The van der Waals surface area contributed by atoms with Crippen molar-refractivity contribution >= 4 is 75.8 Å². The maximum absolute atomic E-state index is 12.1. The smallest absolute Gasteiger partial charge is 0.266 e. The lowest BCUT2D eigenvalue weighted by Crippen LogP contribution is -2.47. The van der Waals surface area contributed by atoms with Crippen LogP contribution in [0.3, 0.4) is 0 Å². The van der Waals surface area contributed by atoms with E-state index in [1.807, 2.05) is 42.7 Å². The molecular weight excluding hydrogens is 708 g/mol. The molecule has 10 nitrogen and oxygen atoms in total. The zero-order chi connectivity index (χ0) is 33.5. The second-order valence-electron chi connectivity index (χ2n) is 11.4. The van der Waals surface area contributed by atoms with Crippen molar-refractivity contribution in [1.82, 2.24) is 25.3 Å². The third-order valence-electron chi connectivity index (χ3n) is 8.30. The molecule has 0 atom stereocenters. The second kappa shape index (κ2) is 16.7. The number of H-pyrrole nitrogens is 2. The van der Waals surface area contributed by atoms with Gasteiger partial charge in [0.2, 0.25) is 5.95 Å².